The van der Waals surface area contributed by atoms with Gasteiger partial charge in [0.15, 0.2) is 5.96 Å². The molecule has 3 heterocycles. The van der Waals surface area contributed by atoms with Crippen molar-refractivity contribution in [1.29, 1.82) is 0 Å². The molecular weight excluding hydrogens is 354 g/mol. The molecule has 0 spiro atoms. The fourth-order valence-corrected chi connectivity index (χ4v) is 3.93. The van der Waals surface area contributed by atoms with Crippen molar-refractivity contribution < 1.29 is 9.53 Å². The van der Waals surface area contributed by atoms with Crippen LogP contribution in [0.3, 0.4) is 0 Å². The number of piperazine rings is 1. The van der Waals surface area contributed by atoms with E-state index >= 15 is 0 Å². The fraction of sp³-hybridized carbons (Fsp3) is 0.476. The Bertz CT molecular complexity index is 849. The summed E-state index contributed by atoms with van der Waals surface area (Å²) in [4.78, 5) is 25.6. The number of benzene rings is 1. The Morgan fingerprint density at radius 1 is 1.21 bits per heavy atom. The summed E-state index contributed by atoms with van der Waals surface area (Å²) in [5.41, 5.74) is 2.16. The summed E-state index contributed by atoms with van der Waals surface area (Å²) in [6.45, 7) is 4.31. The molecule has 28 heavy (non-hydrogen) atoms. The molecule has 1 aromatic heterocycles. The predicted molar refractivity (Wildman–Crippen MR) is 109 cm³/mol. The van der Waals surface area contributed by atoms with Gasteiger partial charge in [-0.15, -0.1) is 0 Å². The molecule has 148 valence electrons. The van der Waals surface area contributed by atoms with Crippen LogP contribution in [-0.2, 0) is 16.1 Å². The van der Waals surface area contributed by atoms with Crippen molar-refractivity contribution in [1.82, 2.24) is 20.1 Å². The van der Waals surface area contributed by atoms with Crippen molar-refractivity contribution in [2.75, 3.05) is 39.8 Å². The lowest BCUT2D eigenvalue weighted by Gasteiger charge is -2.37. The molecule has 1 N–H and O–H groups in total. The maximum absolute atomic E-state index is 12.5. The van der Waals surface area contributed by atoms with Crippen molar-refractivity contribution in [3.63, 3.8) is 0 Å². The third-order valence-corrected chi connectivity index (χ3v) is 5.46. The summed E-state index contributed by atoms with van der Waals surface area (Å²) in [5.74, 6) is 0.999. The highest BCUT2D eigenvalue weighted by Crippen LogP contribution is 2.17. The van der Waals surface area contributed by atoms with Crippen LogP contribution in [0.5, 0.6) is 0 Å². The van der Waals surface area contributed by atoms with Crippen molar-refractivity contribution >= 4 is 22.8 Å². The summed E-state index contributed by atoms with van der Waals surface area (Å²) in [7, 11) is 1.80. The Morgan fingerprint density at radius 2 is 2.00 bits per heavy atom. The lowest BCUT2D eigenvalue weighted by atomic mass is 10.1. The Kier molecular flexibility index (Phi) is 5.71. The van der Waals surface area contributed by atoms with Crippen LogP contribution in [0.1, 0.15) is 18.4 Å². The Labute approximate surface area is 165 Å². The Morgan fingerprint density at radius 3 is 2.75 bits per heavy atom. The van der Waals surface area contributed by atoms with Crippen LogP contribution < -0.4 is 5.32 Å². The summed E-state index contributed by atoms with van der Waals surface area (Å²) in [5, 5.41) is 4.59. The molecule has 0 aliphatic carbocycles. The molecule has 1 unspecified atom stereocenters. The summed E-state index contributed by atoms with van der Waals surface area (Å²) >= 11 is 0. The largest absolute Gasteiger partial charge is 0.368 e. The highest BCUT2D eigenvalue weighted by atomic mass is 16.5. The predicted octanol–water partition coefficient (Wildman–Crippen LogP) is 1.63. The maximum atomic E-state index is 12.5. The first-order valence-corrected chi connectivity index (χ1v) is 9.95. The first kappa shape index (κ1) is 18.7. The Hall–Kier alpha value is -2.67. The molecule has 2 aromatic rings. The molecule has 0 bridgehead atoms. The molecular formula is C21H27N5O2. The van der Waals surface area contributed by atoms with E-state index in [1.807, 2.05) is 17.2 Å². The van der Waals surface area contributed by atoms with Crippen molar-refractivity contribution in [3.8, 4) is 0 Å². The van der Waals surface area contributed by atoms with Gasteiger partial charge in [-0.1, -0.05) is 24.3 Å². The van der Waals surface area contributed by atoms with E-state index in [-0.39, 0.29) is 12.0 Å². The first-order chi connectivity index (χ1) is 13.8. The zero-order valence-corrected chi connectivity index (χ0v) is 16.3. The van der Waals surface area contributed by atoms with Gasteiger partial charge in [-0.2, -0.15) is 0 Å². The molecule has 7 heteroatoms. The standard InChI is InChI=1S/C21H27N5O2/c1-22-21(24-15-17-6-2-5-16-7-3-9-23-19(16)17)26-12-10-25(11-13-26)20(27)18-8-4-14-28-18/h2-3,5-7,9,18H,4,8,10-15H2,1H3,(H,22,24). The summed E-state index contributed by atoms with van der Waals surface area (Å²) in [6.07, 6.45) is 3.42. The average molecular weight is 381 g/mol. The summed E-state index contributed by atoms with van der Waals surface area (Å²) in [6, 6.07) is 10.2. The Balaban J connectivity index is 1.34. The smallest absolute Gasteiger partial charge is 0.251 e. The second-order valence-electron chi connectivity index (χ2n) is 7.21. The fourth-order valence-electron chi connectivity index (χ4n) is 3.93. The molecule has 0 saturated carbocycles. The minimum absolute atomic E-state index is 0.141. The molecule has 1 aromatic carbocycles. The number of hydrogen-bond donors (Lipinski definition) is 1. The SMILES string of the molecule is CN=C(NCc1cccc2cccnc12)N1CCN(C(=O)C2CCCO2)CC1. The number of nitrogens with zero attached hydrogens (tertiary/aromatic N) is 4. The van der Waals surface area contributed by atoms with Gasteiger partial charge in [-0.05, 0) is 24.5 Å². The van der Waals surface area contributed by atoms with Gasteiger partial charge in [0.25, 0.3) is 5.91 Å². The number of hydrogen-bond acceptors (Lipinski definition) is 4. The van der Waals surface area contributed by atoms with Crippen LogP contribution >= 0.6 is 0 Å². The van der Waals surface area contributed by atoms with Crippen LogP contribution in [0.2, 0.25) is 0 Å². The van der Waals surface area contributed by atoms with Crippen LogP contribution in [0.4, 0.5) is 0 Å². The van der Waals surface area contributed by atoms with Crippen LogP contribution in [0, 0.1) is 0 Å². The lowest BCUT2D eigenvalue weighted by Crippen LogP contribution is -2.55. The minimum atomic E-state index is -0.233. The number of nitrogens with one attached hydrogen (secondary N) is 1. The van der Waals surface area contributed by atoms with Crippen molar-refractivity contribution in [2.24, 2.45) is 4.99 Å². The molecule has 1 amide bonds. The highest BCUT2D eigenvalue weighted by Gasteiger charge is 2.30. The number of ether oxygens (including phenoxy) is 1. The van der Waals surface area contributed by atoms with E-state index in [2.05, 4.69) is 44.5 Å². The molecule has 2 fully saturated rings. The third kappa shape index (κ3) is 3.94. The van der Waals surface area contributed by atoms with Crippen molar-refractivity contribution in [3.05, 3.63) is 42.1 Å². The van der Waals surface area contributed by atoms with Crippen LogP contribution in [0.15, 0.2) is 41.5 Å². The molecule has 1 atom stereocenters. The number of guanidine groups is 1. The van der Waals surface area contributed by atoms with Gasteiger partial charge in [0.05, 0.1) is 5.52 Å². The second kappa shape index (κ2) is 8.56. The van der Waals surface area contributed by atoms with Crippen LogP contribution in [0.25, 0.3) is 10.9 Å². The average Bonchev–Trinajstić information content (AvgIpc) is 3.29. The number of carbonyl (C=O) groups is 1. The molecule has 2 aliphatic heterocycles. The number of rotatable bonds is 3. The van der Waals surface area contributed by atoms with Gasteiger partial charge >= 0.3 is 0 Å². The number of aliphatic imine (C=N–C) groups is 1. The van der Waals surface area contributed by atoms with E-state index in [4.69, 9.17) is 4.74 Å². The van der Waals surface area contributed by atoms with Gasteiger partial charge in [-0.3, -0.25) is 14.8 Å². The number of para-hydroxylation sites is 1. The number of amides is 1. The zero-order chi connectivity index (χ0) is 19.3. The quantitative estimate of drug-likeness (QED) is 0.647. The summed E-state index contributed by atoms with van der Waals surface area (Å²) < 4.78 is 5.54. The third-order valence-electron chi connectivity index (χ3n) is 5.46. The number of aromatic nitrogens is 1. The molecule has 7 nitrogen and oxygen atoms in total. The van der Waals surface area contributed by atoms with Gasteiger partial charge < -0.3 is 19.9 Å². The maximum Gasteiger partial charge on any atom is 0.251 e. The van der Waals surface area contributed by atoms with E-state index in [1.165, 1.54) is 0 Å². The van der Waals surface area contributed by atoms with E-state index < -0.39 is 0 Å². The number of pyridine rings is 1. The zero-order valence-electron chi connectivity index (χ0n) is 16.3. The minimum Gasteiger partial charge on any atom is -0.368 e. The first-order valence-electron chi connectivity index (χ1n) is 9.95. The number of carbonyl (C=O) groups excluding carboxylic acids is 1. The van der Waals surface area contributed by atoms with Crippen molar-refractivity contribution in [2.45, 2.75) is 25.5 Å². The highest BCUT2D eigenvalue weighted by molar-refractivity contribution is 5.84. The van der Waals surface area contributed by atoms with Gasteiger partial charge in [0.1, 0.15) is 6.10 Å². The second-order valence-corrected chi connectivity index (χ2v) is 7.21. The van der Waals surface area contributed by atoms with E-state index in [0.717, 1.165) is 48.4 Å². The van der Waals surface area contributed by atoms with E-state index in [9.17, 15) is 4.79 Å². The van der Waals surface area contributed by atoms with E-state index in [0.29, 0.717) is 26.2 Å². The molecule has 2 aliphatic rings. The van der Waals surface area contributed by atoms with Gasteiger partial charge in [0, 0.05) is 58.0 Å². The van der Waals surface area contributed by atoms with Crippen LogP contribution in [-0.4, -0.2) is 72.6 Å². The normalized spacial score (nSPS) is 20.6. The topological polar surface area (TPSA) is 70.1 Å². The monoisotopic (exact) mass is 381 g/mol. The molecule has 4 rings (SSSR count). The molecule has 2 saturated heterocycles. The number of fused-ring (bicyclic) bond motifs is 1. The van der Waals surface area contributed by atoms with Gasteiger partial charge in [0.2, 0.25) is 0 Å². The molecule has 0 radical (unpaired) electrons. The van der Waals surface area contributed by atoms with Gasteiger partial charge in [-0.25, -0.2) is 0 Å². The van der Waals surface area contributed by atoms with E-state index in [1.54, 1.807) is 7.05 Å². The lowest BCUT2D eigenvalue weighted by molar-refractivity contribution is -0.142.